The zero-order valence-electron chi connectivity index (χ0n) is 14.5. The quantitative estimate of drug-likeness (QED) is 0.647. The van der Waals surface area contributed by atoms with Crippen molar-refractivity contribution in [2.75, 3.05) is 12.4 Å². The lowest BCUT2D eigenvalue weighted by atomic mass is 10.2. The Labute approximate surface area is 155 Å². The summed E-state index contributed by atoms with van der Waals surface area (Å²) in [6.07, 6.45) is 1.66. The van der Waals surface area contributed by atoms with E-state index in [0.29, 0.717) is 23.6 Å². The molecule has 0 bridgehead atoms. The molecule has 0 spiro atoms. The first-order valence-electron chi connectivity index (χ1n) is 8.13. The Balaban J connectivity index is 1.65. The molecule has 1 aromatic carbocycles. The first-order valence-corrected chi connectivity index (χ1v) is 8.13. The van der Waals surface area contributed by atoms with Crippen LogP contribution in [0.5, 0.6) is 0 Å². The summed E-state index contributed by atoms with van der Waals surface area (Å²) in [5, 5.41) is 13.6. The Hall–Kier alpha value is -3.81. The van der Waals surface area contributed by atoms with Crippen LogP contribution < -0.4 is 10.6 Å². The fourth-order valence-electron chi connectivity index (χ4n) is 2.30. The summed E-state index contributed by atoms with van der Waals surface area (Å²) in [7, 11) is 1.32. The van der Waals surface area contributed by atoms with E-state index >= 15 is 0 Å². The summed E-state index contributed by atoms with van der Waals surface area (Å²) in [5.74, 6) is -0.418. The molecule has 0 unspecified atom stereocenters. The highest BCUT2D eigenvalue weighted by atomic mass is 16.5. The minimum absolute atomic E-state index is 0.178. The lowest BCUT2D eigenvalue weighted by Crippen LogP contribution is -2.24. The van der Waals surface area contributed by atoms with Crippen LogP contribution in [-0.2, 0) is 11.3 Å². The third kappa shape index (κ3) is 4.63. The average molecular weight is 363 g/mol. The van der Waals surface area contributed by atoms with Gasteiger partial charge in [0, 0.05) is 6.20 Å². The summed E-state index contributed by atoms with van der Waals surface area (Å²) in [6, 6.07) is 15.5. The van der Waals surface area contributed by atoms with Crippen LogP contribution in [0.2, 0.25) is 0 Å². The number of hydrogen-bond donors (Lipinski definition) is 2. The van der Waals surface area contributed by atoms with Crippen LogP contribution in [0.15, 0.2) is 60.8 Å². The van der Waals surface area contributed by atoms with Crippen LogP contribution in [0.4, 0.5) is 11.5 Å². The first kappa shape index (κ1) is 18.0. The fraction of sp³-hybridized carbons (Fsp3) is 0.105. The van der Waals surface area contributed by atoms with Gasteiger partial charge in [0.1, 0.15) is 0 Å². The third-order valence-electron chi connectivity index (χ3n) is 3.65. The molecule has 27 heavy (non-hydrogen) atoms. The smallest absolute Gasteiger partial charge is 0.339 e. The van der Waals surface area contributed by atoms with Crippen LogP contribution in [0.1, 0.15) is 26.5 Å². The molecule has 0 aliphatic heterocycles. The summed E-state index contributed by atoms with van der Waals surface area (Å²) >= 11 is 0. The number of amides is 1. The molecule has 1 amide bonds. The molecule has 0 fully saturated rings. The molecule has 2 aromatic heterocycles. The highest BCUT2D eigenvalue weighted by molar-refractivity contribution is 5.96. The number of hydrogen-bond acceptors (Lipinski definition) is 7. The number of carbonyl (C=O) groups is 2. The molecule has 0 aliphatic carbocycles. The van der Waals surface area contributed by atoms with Gasteiger partial charge in [-0.2, -0.15) is 0 Å². The van der Waals surface area contributed by atoms with Crippen molar-refractivity contribution in [3.8, 4) is 0 Å². The van der Waals surface area contributed by atoms with Gasteiger partial charge in [-0.15, -0.1) is 10.2 Å². The number of pyridine rings is 1. The Bertz CT molecular complexity index is 930. The molecule has 0 saturated carbocycles. The Morgan fingerprint density at radius 2 is 1.81 bits per heavy atom. The summed E-state index contributed by atoms with van der Waals surface area (Å²) in [6.45, 7) is 0.299. The Kier molecular flexibility index (Phi) is 5.68. The number of nitrogens with zero attached hydrogens (tertiary/aromatic N) is 3. The molecule has 2 N–H and O–H groups in total. The maximum absolute atomic E-state index is 12.1. The zero-order valence-corrected chi connectivity index (χ0v) is 14.5. The second-order valence-electron chi connectivity index (χ2n) is 5.47. The molecule has 8 nitrogen and oxygen atoms in total. The van der Waals surface area contributed by atoms with Crippen LogP contribution in [-0.4, -0.2) is 34.2 Å². The predicted octanol–water partition coefficient (Wildman–Crippen LogP) is 2.33. The van der Waals surface area contributed by atoms with Gasteiger partial charge >= 0.3 is 5.97 Å². The second-order valence-corrected chi connectivity index (χ2v) is 5.47. The fourth-order valence-corrected chi connectivity index (χ4v) is 2.30. The van der Waals surface area contributed by atoms with Crippen molar-refractivity contribution in [3.05, 3.63) is 77.7 Å². The minimum atomic E-state index is -0.462. The third-order valence-corrected chi connectivity index (χ3v) is 3.65. The number of nitrogens with one attached hydrogen (secondary N) is 2. The monoisotopic (exact) mass is 363 g/mol. The molecule has 0 saturated heterocycles. The summed E-state index contributed by atoms with van der Waals surface area (Å²) < 4.78 is 4.76. The molecular formula is C19H17N5O3. The SMILES string of the molecule is COC(=O)c1ccccc1Nc1ccc(C(=O)NCc2ccccn2)nn1. The normalized spacial score (nSPS) is 10.1. The second kappa shape index (κ2) is 8.52. The van der Waals surface area contributed by atoms with Gasteiger partial charge in [-0.05, 0) is 36.4 Å². The molecular weight excluding hydrogens is 346 g/mol. The minimum Gasteiger partial charge on any atom is -0.465 e. The van der Waals surface area contributed by atoms with E-state index in [4.69, 9.17) is 4.74 Å². The first-order chi connectivity index (χ1) is 13.2. The highest BCUT2D eigenvalue weighted by Gasteiger charge is 2.12. The molecule has 8 heteroatoms. The number of carbonyl (C=O) groups excluding carboxylic acids is 2. The van der Waals surface area contributed by atoms with Crippen molar-refractivity contribution in [3.63, 3.8) is 0 Å². The highest BCUT2D eigenvalue weighted by Crippen LogP contribution is 2.20. The van der Waals surface area contributed by atoms with E-state index in [1.165, 1.54) is 7.11 Å². The van der Waals surface area contributed by atoms with Crippen LogP contribution in [0, 0.1) is 0 Å². The number of esters is 1. The van der Waals surface area contributed by atoms with Crippen molar-refractivity contribution in [2.24, 2.45) is 0 Å². The van der Waals surface area contributed by atoms with Crippen LogP contribution in [0.25, 0.3) is 0 Å². The molecule has 0 aliphatic rings. The van der Waals surface area contributed by atoms with Crippen LogP contribution in [0.3, 0.4) is 0 Å². The lowest BCUT2D eigenvalue weighted by Gasteiger charge is -2.10. The largest absolute Gasteiger partial charge is 0.465 e. The standard InChI is InChI=1S/C19H17N5O3/c1-27-19(26)14-7-2-3-8-15(14)22-17-10-9-16(23-24-17)18(25)21-12-13-6-4-5-11-20-13/h2-11H,12H2,1H3,(H,21,25)(H,22,24). The van der Waals surface area contributed by atoms with Gasteiger partial charge in [0.15, 0.2) is 11.5 Å². The molecule has 3 aromatic rings. The maximum atomic E-state index is 12.1. The van der Waals surface area contributed by atoms with Crippen molar-refractivity contribution < 1.29 is 14.3 Å². The van der Waals surface area contributed by atoms with Crippen molar-refractivity contribution in [2.45, 2.75) is 6.54 Å². The summed E-state index contributed by atoms with van der Waals surface area (Å²) in [5.41, 5.74) is 1.83. The molecule has 136 valence electrons. The van der Waals surface area contributed by atoms with E-state index in [-0.39, 0.29) is 11.6 Å². The van der Waals surface area contributed by atoms with Gasteiger partial charge < -0.3 is 15.4 Å². The van der Waals surface area contributed by atoms with Crippen molar-refractivity contribution in [1.29, 1.82) is 0 Å². The average Bonchev–Trinajstić information content (AvgIpc) is 2.73. The number of anilines is 2. The van der Waals surface area contributed by atoms with Crippen LogP contribution >= 0.6 is 0 Å². The van der Waals surface area contributed by atoms with Crippen molar-refractivity contribution >= 4 is 23.4 Å². The number of para-hydroxylation sites is 1. The van der Waals surface area contributed by atoms with Gasteiger partial charge in [0.05, 0.1) is 30.6 Å². The van der Waals surface area contributed by atoms with Gasteiger partial charge in [0.25, 0.3) is 5.91 Å². The summed E-state index contributed by atoms with van der Waals surface area (Å²) in [4.78, 5) is 28.1. The van der Waals surface area contributed by atoms with Gasteiger partial charge in [-0.25, -0.2) is 4.79 Å². The number of ether oxygens (including phenoxy) is 1. The molecule has 0 radical (unpaired) electrons. The lowest BCUT2D eigenvalue weighted by molar-refractivity contribution is 0.0601. The van der Waals surface area contributed by atoms with E-state index in [9.17, 15) is 9.59 Å². The predicted molar refractivity (Wildman–Crippen MR) is 98.5 cm³/mol. The zero-order chi connectivity index (χ0) is 19.1. The van der Waals surface area contributed by atoms with E-state index in [1.807, 2.05) is 12.1 Å². The van der Waals surface area contributed by atoms with Gasteiger partial charge in [-0.3, -0.25) is 9.78 Å². The Morgan fingerprint density at radius 1 is 1.00 bits per heavy atom. The van der Waals surface area contributed by atoms with Gasteiger partial charge in [0.2, 0.25) is 0 Å². The maximum Gasteiger partial charge on any atom is 0.339 e. The van der Waals surface area contributed by atoms with E-state index < -0.39 is 5.97 Å². The molecule has 3 rings (SSSR count). The van der Waals surface area contributed by atoms with E-state index in [1.54, 1.807) is 48.7 Å². The van der Waals surface area contributed by atoms with Crippen molar-refractivity contribution in [1.82, 2.24) is 20.5 Å². The number of benzene rings is 1. The van der Waals surface area contributed by atoms with E-state index in [0.717, 1.165) is 5.69 Å². The molecule has 2 heterocycles. The topological polar surface area (TPSA) is 106 Å². The molecule has 0 atom stereocenters. The Morgan fingerprint density at radius 3 is 2.52 bits per heavy atom. The number of methoxy groups -OCH3 is 1. The number of aromatic nitrogens is 3. The van der Waals surface area contributed by atoms with E-state index in [2.05, 4.69) is 25.8 Å². The van der Waals surface area contributed by atoms with Gasteiger partial charge in [-0.1, -0.05) is 18.2 Å². The number of rotatable bonds is 6.